The predicted octanol–water partition coefficient (Wildman–Crippen LogP) is 0.887. The molecule has 0 aromatic rings. The van der Waals surface area contributed by atoms with Gasteiger partial charge in [0.2, 0.25) is 5.91 Å². The average molecular weight is 268 g/mol. The molecule has 0 radical (unpaired) electrons. The highest BCUT2D eigenvalue weighted by Crippen LogP contribution is 2.36. The fourth-order valence-electron chi connectivity index (χ4n) is 2.52. The van der Waals surface area contributed by atoms with Gasteiger partial charge in [-0.1, -0.05) is 19.3 Å². The van der Waals surface area contributed by atoms with Crippen molar-refractivity contribution in [3.05, 3.63) is 11.5 Å². The zero-order valence-corrected chi connectivity index (χ0v) is 10.9. The van der Waals surface area contributed by atoms with Gasteiger partial charge in [-0.2, -0.15) is 5.26 Å². The van der Waals surface area contributed by atoms with Crippen molar-refractivity contribution in [1.82, 2.24) is 5.32 Å². The van der Waals surface area contributed by atoms with E-state index in [0.717, 1.165) is 24.7 Å². The molecule has 0 aromatic carbocycles. The molecule has 1 N–H and O–H groups in total. The molecule has 98 valence electrons. The lowest BCUT2D eigenvalue weighted by Gasteiger charge is -2.30. The molecule has 1 aliphatic carbocycles. The quantitative estimate of drug-likeness (QED) is 0.805. The maximum absolute atomic E-state index is 12.2. The van der Waals surface area contributed by atoms with E-state index in [0.29, 0.717) is 12.8 Å². The molecule has 6 heteroatoms. The third-order valence-electron chi connectivity index (χ3n) is 3.60. The maximum Gasteiger partial charge on any atom is 0.240 e. The Balaban J connectivity index is 2.04. The number of hydrogen-bond acceptors (Lipinski definition) is 4. The number of nitriles is 1. The lowest BCUT2D eigenvalue weighted by molar-refractivity contribution is -0.129. The summed E-state index contributed by atoms with van der Waals surface area (Å²) in [6.45, 7) is 0. The number of sulfone groups is 1. The van der Waals surface area contributed by atoms with Gasteiger partial charge >= 0.3 is 0 Å². The van der Waals surface area contributed by atoms with Crippen LogP contribution in [0.3, 0.4) is 0 Å². The van der Waals surface area contributed by atoms with Gasteiger partial charge in [-0.15, -0.1) is 0 Å². The molecule has 5 nitrogen and oxygen atoms in total. The van der Waals surface area contributed by atoms with Gasteiger partial charge in [0.25, 0.3) is 0 Å². The van der Waals surface area contributed by atoms with Crippen LogP contribution in [-0.2, 0) is 14.6 Å². The Labute approximate surface area is 107 Å². The first-order valence-electron chi connectivity index (χ1n) is 6.11. The molecule has 1 unspecified atom stereocenters. The van der Waals surface area contributed by atoms with E-state index in [4.69, 9.17) is 0 Å². The fraction of sp³-hybridized carbons (Fsp3) is 0.667. The first kappa shape index (κ1) is 13.1. The van der Waals surface area contributed by atoms with E-state index >= 15 is 0 Å². The molecule has 1 atom stereocenters. The smallest absolute Gasteiger partial charge is 0.240 e. The summed E-state index contributed by atoms with van der Waals surface area (Å²) in [5.74, 6) is -0.420. The normalized spacial score (nSPS) is 28.5. The van der Waals surface area contributed by atoms with E-state index in [-0.39, 0.29) is 11.7 Å². The first-order chi connectivity index (χ1) is 8.47. The second-order valence-electron chi connectivity index (χ2n) is 4.99. The Morgan fingerprint density at radius 3 is 2.50 bits per heavy atom. The number of nitrogens with zero attached hydrogens (tertiary/aromatic N) is 1. The molecule has 1 fully saturated rings. The van der Waals surface area contributed by atoms with Crippen molar-refractivity contribution < 1.29 is 13.2 Å². The minimum Gasteiger partial charge on any atom is -0.347 e. The van der Waals surface area contributed by atoms with Crippen molar-refractivity contribution in [3.8, 4) is 6.07 Å². The number of rotatable bonds is 2. The van der Waals surface area contributed by atoms with Gasteiger partial charge in [0.05, 0.1) is 17.9 Å². The lowest BCUT2D eigenvalue weighted by atomic mass is 9.74. The van der Waals surface area contributed by atoms with Crippen molar-refractivity contribution in [2.45, 2.75) is 38.1 Å². The van der Waals surface area contributed by atoms with Gasteiger partial charge in [-0.05, 0) is 18.9 Å². The van der Waals surface area contributed by atoms with Crippen molar-refractivity contribution in [1.29, 1.82) is 5.26 Å². The third kappa shape index (κ3) is 2.56. The number of carbonyl (C=O) groups excluding carboxylic acids is 1. The van der Waals surface area contributed by atoms with Crippen LogP contribution >= 0.6 is 0 Å². The molecule has 0 saturated heterocycles. The summed E-state index contributed by atoms with van der Waals surface area (Å²) in [4.78, 5) is 12.2. The molecule has 0 aromatic heterocycles. The van der Waals surface area contributed by atoms with Crippen LogP contribution < -0.4 is 5.32 Å². The second kappa shape index (κ2) is 4.73. The molecular weight excluding hydrogens is 252 g/mol. The molecular formula is C12H16N2O3S. The van der Waals surface area contributed by atoms with Crippen LogP contribution in [0.1, 0.15) is 32.1 Å². The highest BCUT2D eigenvalue weighted by atomic mass is 32.2. The highest BCUT2D eigenvalue weighted by Gasteiger charge is 2.41. The van der Waals surface area contributed by atoms with E-state index in [2.05, 4.69) is 11.4 Å². The number of amides is 1. The number of nitrogens with one attached hydrogen (secondary N) is 1. The molecule has 2 rings (SSSR count). The molecule has 0 spiro atoms. The van der Waals surface area contributed by atoms with Crippen LogP contribution in [0, 0.1) is 16.7 Å². The standard InChI is InChI=1S/C12H16N2O3S/c13-9-12(5-2-1-3-6-12)11(15)14-10-4-7-18(16,17)8-10/h4,7,10H,1-3,5-6,8H2,(H,14,15). The van der Waals surface area contributed by atoms with Gasteiger partial charge in [0, 0.05) is 5.41 Å². The summed E-state index contributed by atoms with van der Waals surface area (Å²) < 4.78 is 22.5. The summed E-state index contributed by atoms with van der Waals surface area (Å²) in [5.41, 5.74) is -0.960. The molecule has 2 aliphatic rings. The minimum atomic E-state index is -3.18. The minimum absolute atomic E-state index is 0.0970. The molecule has 1 heterocycles. The zero-order chi connectivity index (χ0) is 13.2. The maximum atomic E-state index is 12.2. The monoisotopic (exact) mass is 268 g/mol. The largest absolute Gasteiger partial charge is 0.347 e. The van der Waals surface area contributed by atoms with Crippen LogP contribution in [0.2, 0.25) is 0 Å². The summed E-state index contributed by atoms with van der Waals surface area (Å²) in [7, 11) is -3.18. The van der Waals surface area contributed by atoms with Crippen molar-refractivity contribution in [3.63, 3.8) is 0 Å². The number of hydrogen-bond donors (Lipinski definition) is 1. The topological polar surface area (TPSA) is 87.0 Å². The predicted molar refractivity (Wildman–Crippen MR) is 66.0 cm³/mol. The van der Waals surface area contributed by atoms with E-state index < -0.39 is 21.3 Å². The van der Waals surface area contributed by atoms with E-state index in [1.165, 1.54) is 6.08 Å². The second-order valence-corrected chi connectivity index (χ2v) is 6.92. The molecule has 1 amide bonds. The molecule has 0 bridgehead atoms. The van der Waals surface area contributed by atoms with Crippen LogP contribution in [0.25, 0.3) is 0 Å². The lowest BCUT2D eigenvalue weighted by Crippen LogP contribution is -2.46. The highest BCUT2D eigenvalue weighted by molar-refractivity contribution is 7.94. The Hall–Kier alpha value is -1.35. The van der Waals surface area contributed by atoms with Crippen LogP contribution in [0.5, 0.6) is 0 Å². The van der Waals surface area contributed by atoms with Crippen LogP contribution in [0.4, 0.5) is 0 Å². The van der Waals surface area contributed by atoms with Gasteiger partial charge in [0.15, 0.2) is 9.84 Å². The van der Waals surface area contributed by atoms with Gasteiger partial charge in [0.1, 0.15) is 5.41 Å². The van der Waals surface area contributed by atoms with Crippen LogP contribution in [-0.4, -0.2) is 26.1 Å². The van der Waals surface area contributed by atoms with Gasteiger partial charge < -0.3 is 5.32 Å². The summed E-state index contributed by atoms with van der Waals surface area (Å²) in [5, 5.41) is 13.0. The van der Waals surface area contributed by atoms with E-state index in [1.807, 2.05) is 0 Å². The Morgan fingerprint density at radius 1 is 1.33 bits per heavy atom. The van der Waals surface area contributed by atoms with Gasteiger partial charge in [-0.25, -0.2) is 8.42 Å². The van der Waals surface area contributed by atoms with Gasteiger partial charge in [-0.3, -0.25) is 4.79 Å². The zero-order valence-electron chi connectivity index (χ0n) is 10.1. The summed E-state index contributed by atoms with van der Waals surface area (Å²) >= 11 is 0. The van der Waals surface area contributed by atoms with E-state index in [9.17, 15) is 18.5 Å². The molecule has 1 aliphatic heterocycles. The van der Waals surface area contributed by atoms with Crippen molar-refractivity contribution in [2.75, 3.05) is 5.75 Å². The summed E-state index contributed by atoms with van der Waals surface area (Å²) in [6, 6.07) is 1.64. The SMILES string of the molecule is N#CC1(C(=O)NC2C=CS(=O)(=O)C2)CCCCC1. The molecule has 18 heavy (non-hydrogen) atoms. The summed E-state index contributed by atoms with van der Waals surface area (Å²) in [6.07, 6.45) is 5.41. The Morgan fingerprint density at radius 2 is 2.00 bits per heavy atom. The average Bonchev–Trinajstić information content (AvgIpc) is 2.69. The molecule has 1 saturated carbocycles. The number of carbonyl (C=O) groups is 1. The third-order valence-corrected chi connectivity index (χ3v) is 5.00. The Bertz CT molecular complexity index is 510. The van der Waals surface area contributed by atoms with Crippen LogP contribution in [0.15, 0.2) is 11.5 Å². The van der Waals surface area contributed by atoms with Crippen molar-refractivity contribution in [2.24, 2.45) is 5.41 Å². The van der Waals surface area contributed by atoms with E-state index in [1.54, 1.807) is 0 Å². The first-order valence-corrected chi connectivity index (χ1v) is 7.82. The van der Waals surface area contributed by atoms with Crippen molar-refractivity contribution >= 4 is 15.7 Å². The fourth-order valence-corrected chi connectivity index (χ4v) is 3.75. The Kier molecular flexibility index (Phi) is 3.44.